The molecule has 66 valence electrons. The fourth-order valence-electron chi connectivity index (χ4n) is 1.23. The molecule has 0 saturated carbocycles. The van der Waals surface area contributed by atoms with Crippen molar-refractivity contribution in [3.63, 3.8) is 0 Å². The number of hydrogen-bond donors (Lipinski definition) is 1. The van der Waals surface area contributed by atoms with Crippen LogP contribution in [0.2, 0.25) is 0 Å². The average Bonchev–Trinajstić information content (AvgIpc) is 2.12. The van der Waals surface area contributed by atoms with Crippen molar-refractivity contribution in [2.75, 3.05) is 0 Å². The number of benzene rings is 1. The molecule has 0 radical (unpaired) electrons. The number of fused-ring (bicyclic) bond motifs is 1. The van der Waals surface area contributed by atoms with Crippen LogP contribution in [0.4, 0.5) is 0 Å². The summed E-state index contributed by atoms with van der Waals surface area (Å²) in [6.45, 7) is 1.92. The van der Waals surface area contributed by atoms with E-state index in [1.165, 1.54) is 16.7 Å². The molecule has 2 aromatic rings. The summed E-state index contributed by atoms with van der Waals surface area (Å²) in [4.78, 5) is 11.4. The SMILES string of the molecule is Cc1ccc2scc(O)c(=O)c2c1. The van der Waals surface area contributed by atoms with E-state index < -0.39 is 0 Å². The third kappa shape index (κ3) is 1.31. The van der Waals surface area contributed by atoms with Crippen molar-refractivity contribution in [2.24, 2.45) is 0 Å². The van der Waals surface area contributed by atoms with Crippen LogP contribution in [0.3, 0.4) is 0 Å². The van der Waals surface area contributed by atoms with Gasteiger partial charge in [0, 0.05) is 15.5 Å². The quantitative estimate of drug-likeness (QED) is 0.695. The zero-order chi connectivity index (χ0) is 9.42. The Balaban J connectivity index is 2.97. The molecule has 0 fully saturated rings. The van der Waals surface area contributed by atoms with Gasteiger partial charge in [0.2, 0.25) is 5.43 Å². The minimum absolute atomic E-state index is 0.164. The molecule has 1 aromatic heterocycles. The number of aryl methyl sites for hydroxylation is 1. The van der Waals surface area contributed by atoms with Gasteiger partial charge in [-0.3, -0.25) is 4.79 Å². The van der Waals surface area contributed by atoms with Crippen molar-refractivity contribution < 1.29 is 5.11 Å². The highest BCUT2D eigenvalue weighted by molar-refractivity contribution is 7.16. The molecule has 0 unspecified atom stereocenters. The van der Waals surface area contributed by atoms with Crippen molar-refractivity contribution in [3.8, 4) is 5.75 Å². The Bertz CT molecular complexity index is 509. The topological polar surface area (TPSA) is 37.3 Å². The summed E-state index contributed by atoms with van der Waals surface area (Å²) in [7, 11) is 0. The second-order valence-electron chi connectivity index (χ2n) is 2.95. The summed E-state index contributed by atoms with van der Waals surface area (Å²) >= 11 is 1.38. The molecule has 1 N–H and O–H groups in total. The van der Waals surface area contributed by atoms with Crippen LogP contribution in [0.15, 0.2) is 28.4 Å². The maximum atomic E-state index is 11.4. The smallest absolute Gasteiger partial charge is 0.229 e. The van der Waals surface area contributed by atoms with Gasteiger partial charge >= 0.3 is 0 Å². The van der Waals surface area contributed by atoms with Crippen molar-refractivity contribution in [1.29, 1.82) is 0 Å². The average molecular weight is 192 g/mol. The third-order valence-corrected chi connectivity index (χ3v) is 2.86. The molecule has 0 saturated heterocycles. The van der Waals surface area contributed by atoms with E-state index in [0.29, 0.717) is 5.39 Å². The molecule has 2 nitrogen and oxygen atoms in total. The summed E-state index contributed by atoms with van der Waals surface area (Å²) in [5.74, 6) is -0.164. The highest BCUT2D eigenvalue weighted by Crippen LogP contribution is 2.20. The Morgan fingerprint density at radius 2 is 2.15 bits per heavy atom. The van der Waals surface area contributed by atoms with Crippen LogP contribution in [0.5, 0.6) is 5.75 Å². The Hall–Kier alpha value is -1.35. The van der Waals surface area contributed by atoms with Gasteiger partial charge in [-0.15, -0.1) is 11.3 Å². The lowest BCUT2D eigenvalue weighted by molar-refractivity contribution is 0.473. The van der Waals surface area contributed by atoms with E-state index >= 15 is 0 Å². The second-order valence-corrected chi connectivity index (χ2v) is 3.86. The fraction of sp³-hybridized carbons (Fsp3) is 0.100. The van der Waals surface area contributed by atoms with Crippen LogP contribution in [-0.4, -0.2) is 5.11 Å². The maximum Gasteiger partial charge on any atom is 0.229 e. The third-order valence-electron chi connectivity index (χ3n) is 1.91. The minimum Gasteiger partial charge on any atom is -0.504 e. The molecule has 0 aliphatic heterocycles. The first-order valence-corrected chi connectivity index (χ1v) is 4.77. The normalized spacial score (nSPS) is 10.5. The van der Waals surface area contributed by atoms with E-state index in [-0.39, 0.29) is 11.2 Å². The van der Waals surface area contributed by atoms with Crippen molar-refractivity contribution >= 4 is 21.4 Å². The van der Waals surface area contributed by atoms with Gasteiger partial charge in [0.25, 0.3) is 0 Å². The Morgan fingerprint density at radius 3 is 2.92 bits per heavy atom. The largest absolute Gasteiger partial charge is 0.504 e. The summed E-state index contributed by atoms with van der Waals surface area (Å²) in [5, 5.41) is 11.3. The number of rotatable bonds is 0. The van der Waals surface area contributed by atoms with Gasteiger partial charge in [-0.25, -0.2) is 0 Å². The van der Waals surface area contributed by atoms with Gasteiger partial charge in [0.1, 0.15) is 0 Å². The lowest BCUT2D eigenvalue weighted by Gasteiger charge is -1.97. The maximum absolute atomic E-state index is 11.4. The van der Waals surface area contributed by atoms with Crippen LogP contribution in [0.1, 0.15) is 5.56 Å². The van der Waals surface area contributed by atoms with E-state index in [1.54, 1.807) is 6.07 Å². The van der Waals surface area contributed by atoms with Crippen molar-refractivity contribution in [2.45, 2.75) is 6.92 Å². The molecule has 0 bridgehead atoms. The molecule has 0 aliphatic carbocycles. The number of hydrogen-bond acceptors (Lipinski definition) is 3. The molecule has 3 heteroatoms. The molecule has 2 rings (SSSR count). The molecule has 13 heavy (non-hydrogen) atoms. The van der Waals surface area contributed by atoms with Crippen LogP contribution < -0.4 is 5.43 Å². The van der Waals surface area contributed by atoms with Crippen LogP contribution >= 0.6 is 11.3 Å². The molecule has 1 aromatic carbocycles. The van der Waals surface area contributed by atoms with Gasteiger partial charge in [-0.05, 0) is 19.1 Å². The Kier molecular flexibility index (Phi) is 1.81. The first-order valence-electron chi connectivity index (χ1n) is 3.89. The zero-order valence-corrected chi connectivity index (χ0v) is 7.89. The predicted octanol–water partition coefficient (Wildman–Crippen LogP) is 2.28. The molecule has 1 heterocycles. The molecular weight excluding hydrogens is 184 g/mol. The lowest BCUT2D eigenvalue weighted by Crippen LogP contribution is -1.98. The van der Waals surface area contributed by atoms with E-state index in [0.717, 1.165) is 10.3 Å². The second kappa shape index (κ2) is 2.85. The molecule has 0 atom stereocenters. The summed E-state index contributed by atoms with van der Waals surface area (Å²) in [6, 6.07) is 5.65. The summed E-state index contributed by atoms with van der Waals surface area (Å²) < 4.78 is 0.911. The monoisotopic (exact) mass is 192 g/mol. The predicted molar refractivity (Wildman–Crippen MR) is 54.5 cm³/mol. The highest BCUT2D eigenvalue weighted by atomic mass is 32.1. The first kappa shape index (κ1) is 8.26. The van der Waals surface area contributed by atoms with Gasteiger partial charge < -0.3 is 5.11 Å². The lowest BCUT2D eigenvalue weighted by atomic mass is 10.2. The van der Waals surface area contributed by atoms with E-state index in [1.807, 2.05) is 19.1 Å². The van der Waals surface area contributed by atoms with Gasteiger partial charge in [0.05, 0.1) is 0 Å². The highest BCUT2D eigenvalue weighted by Gasteiger charge is 2.02. The first-order chi connectivity index (χ1) is 6.18. The summed E-state index contributed by atoms with van der Waals surface area (Å²) in [5.41, 5.74) is 0.750. The van der Waals surface area contributed by atoms with Gasteiger partial charge in [-0.1, -0.05) is 11.6 Å². The summed E-state index contributed by atoms with van der Waals surface area (Å²) in [6.07, 6.45) is 0. The molecule has 0 amide bonds. The molecular formula is C10H8O2S. The Morgan fingerprint density at radius 1 is 1.38 bits per heavy atom. The zero-order valence-electron chi connectivity index (χ0n) is 7.07. The van der Waals surface area contributed by atoms with Crippen LogP contribution in [0.25, 0.3) is 10.1 Å². The van der Waals surface area contributed by atoms with E-state index in [2.05, 4.69) is 0 Å². The van der Waals surface area contributed by atoms with Crippen LogP contribution in [-0.2, 0) is 0 Å². The van der Waals surface area contributed by atoms with Gasteiger partial charge in [0.15, 0.2) is 5.75 Å². The number of aromatic hydroxyl groups is 1. The van der Waals surface area contributed by atoms with Crippen molar-refractivity contribution in [3.05, 3.63) is 39.4 Å². The van der Waals surface area contributed by atoms with Crippen LogP contribution in [0, 0.1) is 6.92 Å². The van der Waals surface area contributed by atoms with Crippen molar-refractivity contribution in [1.82, 2.24) is 0 Å². The molecule has 0 aliphatic rings. The standard InChI is InChI=1S/C10H8O2S/c1-6-2-3-9-7(4-6)10(12)8(11)5-13-9/h2-5,11H,1H3. The fourth-order valence-corrected chi connectivity index (χ4v) is 2.01. The van der Waals surface area contributed by atoms with E-state index in [9.17, 15) is 9.90 Å². The minimum atomic E-state index is -0.280. The van der Waals surface area contributed by atoms with Gasteiger partial charge in [-0.2, -0.15) is 0 Å². The molecule has 0 spiro atoms. The van der Waals surface area contributed by atoms with E-state index in [4.69, 9.17) is 0 Å². The Labute approximate surface area is 79.1 Å².